The van der Waals surface area contributed by atoms with Gasteiger partial charge in [-0.2, -0.15) is 0 Å². The molecule has 0 spiro atoms. The standard InChI is InChI=1S/C16H16BrClO2/c1-10-3-6-16(14(7-10)11(2)19)20-9-12-4-5-13(17)8-15(12)18/h3-8,11,19H,9H2,1-2H3/t11-/m0/s1. The van der Waals surface area contributed by atoms with Crippen molar-refractivity contribution in [2.45, 2.75) is 26.6 Å². The summed E-state index contributed by atoms with van der Waals surface area (Å²) in [6, 6.07) is 11.5. The molecule has 0 radical (unpaired) electrons. The second-order valence-electron chi connectivity index (χ2n) is 4.74. The number of benzene rings is 2. The van der Waals surface area contributed by atoms with E-state index in [-0.39, 0.29) is 0 Å². The molecule has 2 nitrogen and oxygen atoms in total. The summed E-state index contributed by atoms with van der Waals surface area (Å²) in [5.74, 6) is 0.685. The molecule has 0 aromatic heterocycles. The Morgan fingerprint density at radius 2 is 2.00 bits per heavy atom. The lowest BCUT2D eigenvalue weighted by molar-refractivity contribution is 0.190. The lowest BCUT2D eigenvalue weighted by Gasteiger charge is -2.15. The van der Waals surface area contributed by atoms with Gasteiger partial charge in [0.25, 0.3) is 0 Å². The summed E-state index contributed by atoms with van der Waals surface area (Å²) in [6.45, 7) is 4.09. The molecule has 0 heterocycles. The Balaban J connectivity index is 2.18. The summed E-state index contributed by atoms with van der Waals surface area (Å²) in [4.78, 5) is 0. The maximum absolute atomic E-state index is 9.80. The molecule has 2 aromatic carbocycles. The Morgan fingerprint density at radius 1 is 1.25 bits per heavy atom. The zero-order valence-electron chi connectivity index (χ0n) is 11.4. The van der Waals surface area contributed by atoms with E-state index in [4.69, 9.17) is 16.3 Å². The van der Waals surface area contributed by atoms with Crippen molar-refractivity contribution >= 4 is 27.5 Å². The third-order valence-electron chi connectivity index (χ3n) is 3.01. The van der Waals surface area contributed by atoms with Crippen LogP contribution in [0.15, 0.2) is 40.9 Å². The number of aliphatic hydroxyl groups is 1. The Kier molecular flexibility index (Phi) is 5.08. The van der Waals surface area contributed by atoms with Crippen molar-refractivity contribution in [2.75, 3.05) is 0 Å². The molecule has 0 aliphatic heterocycles. The van der Waals surface area contributed by atoms with Gasteiger partial charge in [-0.05, 0) is 38.1 Å². The third kappa shape index (κ3) is 3.75. The van der Waals surface area contributed by atoms with E-state index < -0.39 is 6.10 Å². The summed E-state index contributed by atoms with van der Waals surface area (Å²) in [5, 5.41) is 10.5. The van der Waals surface area contributed by atoms with Crippen LogP contribution < -0.4 is 4.74 Å². The van der Waals surface area contributed by atoms with Gasteiger partial charge in [-0.25, -0.2) is 0 Å². The molecule has 0 unspecified atom stereocenters. The smallest absolute Gasteiger partial charge is 0.125 e. The maximum Gasteiger partial charge on any atom is 0.125 e. The van der Waals surface area contributed by atoms with Crippen molar-refractivity contribution in [2.24, 2.45) is 0 Å². The fourth-order valence-corrected chi connectivity index (χ4v) is 2.65. The van der Waals surface area contributed by atoms with E-state index in [0.717, 1.165) is 21.2 Å². The van der Waals surface area contributed by atoms with Gasteiger partial charge in [0.15, 0.2) is 0 Å². The molecule has 0 amide bonds. The molecular weight excluding hydrogens is 340 g/mol. The average Bonchev–Trinajstić information content (AvgIpc) is 2.38. The van der Waals surface area contributed by atoms with Gasteiger partial charge in [0.05, 0.1) is 6.10 Å². The fraction of sp³-hybridized carbons (Fsp3) is 0.250. The molecule has 0 aliphatic rings. The van der Waals surface area contributed by atoms with Crippen LogP contribution in [0.3, 0.4) is 0 Å². The Hall–Kier alpha value is -1.03. The highest BCUT2D eigenvalue weighted by atomic mass is 79.9. The first-order valence-electron chi connectivity index (χ1n) is 6.32. The Morgan fingerprint density at radius 3 is 2.65 bits per heavy atom. The number of aliphatic hydroxyl groups excluding tert-OH is 1. The molecule has 0 fully saturated rings. The monoisotopic (exact) mass is 354 g/mol. The van der Waals surface area contributed by atoms with Gasteiger partial charge in [-0.3, -0.25) is 0 Å². The molecular formula is C16H16BrClO2. The highest BCUT2D eigenvalue weighted by Crippen LogP contribution is 2.28. The van der Waals surface area contributed by atoms with E-state index in [1.165, 1.54) is 0 Å². The number of hydrogen-bond donors (Lipinski definition) is 1. The molecule has 0 aliphatic carbocycles. The third-order valence-corrected chi connectivity index (χ3v) is 3.86. The van der Waals surface area contributed by atoms with Crippen LogP contribution in [0.25, 0.3) is 0 Å². The fourth-order valence-electron chi connectivity index (χ4n) is 1.92. The molecule has 0 saturated carbocycles. The Bertz CT molecular complexity index is 611. The van der Waals surface area contributed by atoms with E-state index >= 15 is 0 Å². The van der Waals surface area contributed by atoms with Gasteiger partial charge in [0.2, 0.25) is 0 Å². The van der Waals surface area contributed by atoms with Crippen LogP contribution in [0.2, 0.25) is 5.02 Å². The van der Waals surface area contributed by atoms with Gasteiger partial charge in [0, 0.05) is 20.6 Å². The first-order valence-corrected chi connectivity index (χ1v) is 7.50. The molecule has 106 valence electrons. The van der Waals surface area contributed by atoms with Crippen molar-refractivity contribution in [1.82, 2.24) is 0 Å². The van der Waals surface area contributed by atoms with Crippen LogP contribution in [0.5, 0.6) is 5.75 Å². The molecule has 20 heavy (non-hydrogen) atoms. The van der Waals surface area contributed by atoms with Gasteiger partial charge in [-0.15, -0.1) is 0 Å². The minimum atomic E-state index is -0.565. The van der Waals surface area contributed by atoms with Crippen molar-refractivity contribution in [3.8, 4) is 5.75 Å². The zero-order chi connectivity index (χ0) is 14.7. The lowest BCUT2D eigenvalue weighted by atomic mass is 10.1. The van der Waals surface area contributed by atoms with E-state index in [1.54, 1.807) is 6.92 Å². The summed E-state index contributed by atoms with van der Waals surface area (Å²) in [7, 11) is 0. The second-order valence-corrected chi connectivity index (χ2v) is 6.06. The van der Waals surface area contributed by atoms with Crippen LogP contribution in [-0.4, -0.2) is 5.11 Å². The number of aryl methyl sites for hydroxylation is 1. The van der Waals surface area contributed by atoms with E-state index in [9.17, 15) is 5.11 Å². The normalized spacial score (nSPS) is 12.2. The lowest BCUT2D eigenvalue weighted by Crippen LogP contribution is -2.02. The molecule has 0 saturated heterocycles. The van der Waals surface area contributed by atoms with Crippen LogP contribution in [0, 0.1) is 6.92 Å². The highest BCUT2D eigenvalue weighted by molar-refractivity contribution is 9.10. The minimum absolute atomic E-state index is 0.370. The van der Waals surface area contributed by atoms with Crippen molar-refractivity contribution in [3.05, 3.63) is 62.6 Å². The first-order chi connectivity index (χ1) is 9.47. The maximum atomic E-state index is 9.80. The van der Waals surface area contributed by atoms with Crippen molar-refractivity contribution < 1.29 is 9.84 Å². The number of hydrogen-bond acceptors (Lipinski definition) is 2. The molecule has 0 bridgehead atoms. The first kappa shape index (κ1) is 15.4. The molecule has 2 aromatic rings. The topological polar surface area (TPSA) is 29.5 Å². The average molecular weight is 356 g/mol. The Labute approximate surface area is 132 Å². The molecule has 2 rings (SSSR count). The molecule has 4 heteroatoms. The van der Waals surface area contributed by atoms with Crippen LogP contribution >= 0.6 is 27.5 Å². The predicted molar refractivity (Wildman–Crippen MR) is 85.3 cm³/mol. The number of rotatable bonds is 4. The second kappa shape index (κ2) is 6.61. The highest BCUT2D eigenvalue weighted by Gasteiger charge is 2.10. The largest absolute Gasteiger partial charge is 0.488 e. The predicted octanol–water partition coefficient (Wildman–Crippen LogP) is 5.04. The molecule has 1 atom stereocenters. The summed E-state index contributed by atoms with van der Waals surface area (Å²) < 4.78 is 6.74. The zero-order valence-corrected chi connectivity index (χ0v) is 13.7. The van der Waals surface area contributed by atoms with Gasteiger partial charge < -0.3 is 9.84 Å². The summed E-state index contributed by atoms with van der Waals surface area (Å²) >= 11 is 9.54. The minimum Gasteiger partial charge on any atom is -0.488 e. The number of ether oxygens (including phenoxy) is 1. The van der Waals surface area contributed by atoms with Gasteiger partial charge in [0.1, 0.15) is 12.4 Å². The van der Waals surface area contributed by atoms with E-state index in [1.807, 2.05) is 43.3 Å². The number of halogens is 2. The summed E-state index contributed by atoms with van der Waals surface area (Å²) in [6.07, 6.45) is -0.565. The quantitative estimate of drug-likeness (QED) is 0.832. The van der Waals surface area contributed by atoms with Crippen molar-refractivity contribution in [3.63, 3.8) is 0 Å². The SMILES string of the molecule is Cc1ccc(OCc2ccc(Br)cc2Cl)c([C@H](C)O)c1. The van der Waals surface area contributed by atoms with Crippen LogP contribution in [-0.2, 0) is 6.61 Å². The van der Waals surface area contributed by atoms with Gasteiger partial charge in [-0.1, -0.05) is 45.2 Å². The molecule has 1 N–H and O–H groups in total. The van der Waals surface area contributed by atoms with Crippen LogP contribution in [0.1, 0.15) is 29.7 Å². The van der Waals surface area contributed by atoms with E-state index in [0.29, 0.717) is 17.4 Å². The van der Waals surface area contributed by atoms with Crippen molar-refractivity contribution in [1.29, 1.82) is 0 Å². The summed E-state index contributed by atoms with van der Waals surface area (Å²) in [5.41, 5.74) is 2.79. The van der Waals surface area contributed by atoms with E-state index in [2.05, 4.69) is 15.9 Å². The van der Waals surface area contributed by atoms with Gasteiger partial charge >= 0.3 is 0 Å². The van der Waals surface area contributed by atoms with Crippen LogP contribution in [0.4, 0.5) is 0 Å².